The molecule has 0 aliphatic heterocycles. The number of nitrogens with one attached hydrogen (secondary N) is 1. The Morgan fingerprint density at radius 2 is 1.88 bits per heavy atom. The summed E-state index contributed by atoms with van der Waals surface area (Å²) in [4.78, 5) is 25.1. The second-order valence-electron chi connectivity index (χ2n) is 5.24. The van der Waals surface area contributed by atoms with E-state index < -0.39 is 18.0 Å². The average molecular weight is 375 g/mol. The average Bonchev–Trinajstić information content (AvgIpc) is 3.27. The maximum atomic E-state index is 12.4. The van der Waals surface area contributed by atoms with Crippen LogP contribution in [0.2, 0.25) is 5.02 Å². The van der Waals surface area contributed by atoms with Crippen molar-refractivity contribution in [2.45, 2.75) is 13.0 Å². The van der Waals surface area contributed by atoms with E-state index in [1.807, 2.05) is 35.2 Å². The molecule has 0 fully saturated rings. The van der Waals surface area contributed by atoms with Crippen LogP contribution < -0.4 is 5.32 Å². The summed E-state index contributed by atoms with van der Waals surface area (Å²) in [6.45, 7) is 1.52. The number of halogens is 1. The number of amides is 1. The van der Waals surface area contributed by atoms with Gasteiger partial charge in [0.1, 0.15) is 4.88 Å². The smallest absolute Gasteiger partial charge is 0.351 e. The number of anilines is 1. The molecule has 1 unspecified atom stereocenters. The lowest BCUT2D eigenvalue weighted by atomic mass is 10.3. The number of thiophene rings is 1. The van der Waals surface area contributed by atoms with Crippen LogP contribution in [-0.4, -0.2) is 22.5 Å². The van der Waals surface area contributed by atoms with Gasteiger partial charge in [-0.05, 0) is 42.6 Å². The van der Waals surface area contributed by atoms with Crippen molar-refractivity contribution < 1.29 is 14.3 Å². The zero-order valence-corrected chi connectivity index (χ0v) is 14.9. The molecule has 0 saturated heterocycles. The Morgan fingerprint density at radius 1 is 1.16 bits per heavy atom. The first-order chi connectivity index (χ1) is 12.1. The Balaban J connectivity index is 1.68. The molecule has 1 atom stereocenters. The number of benzene rings is 1. The molecule has 0 saturated carbocycles. The highest BCUT2D eigenvalue weighted by Gasteiger charge is 2.22. The molecule has 0 radical (unpaired) electrons. The number of aromatic nitrogens is 1. The molecule has 0 bridgehead atoms. The fourth-order valence-corrected chi connectivity index (χ4v) is 3.17. The molecule has 1 amide bonds. The van der Waals surface area contributed by atoms with E-state index >= 15 is 0 Å². The van der Waals surface area contributed by atoms with Crippen LogP contribution in [0.25, 0.3) is 5.69 Å². The van der Waals surface area contributed by atoms with E-state index in [4.69, 9.17) is 16.3 Å². The Labute approximate surface area is 153 Å². The fourth-order valence-electron chi connectivity index (χ4n) is 2.22. The van der Waals surface area contributed by atoms with Gasteiger partial charge in [-0.1, -0.05) is 23.7 Å². The first-order valence-electron chi connectivity index (χ1n) is 7.53. The highest BCUT2D eigenvalue weighted by molar-refractivity contribution is 7.12. The van der Waals surface area contributed by atoms with Gasteiger partial charge in [0.05, 0.1) is 16.4 Å². The van der Waals surface area contributed by atoms with Crippen LogP contribution in [0.15, 0.2) is 60.2 Å². The lowest BCUT2D eigenvalue weighted by Crippen LogP contribution is -2.30. The van der Waals surface area contributed by atoms with Crippen LogP contribution in [0.1, 0.15) is 16.6 Å². The summed E-state index contributed by atoms with van der Waals surface area (Å²) in [5, 5.41) is 4.88. The number of carbonyl (C=O) groups excluding carboxylic acids is 2. The van der Waals surface area contributed by atoms with Crippen molar-refractivity contribution in [3.63, 3.8) is 0 Å². The molecule has 2 heterocycles. The maximum Gasteiger partial charge on any atom is 0.351 e. The van der Waals surface area contributed by atoms with Gasteiger partial charge in [0.2, 0.25) is 0 Å². The van der Waals surface area contributed by atoms with Crippen LogP contribution in [0.3, 0.4) is 0 Å². The molecule has 0 aliphatic rings. The number of rotatable bonds is 5. The minimum atomic E-state index is -0.955. The molecule has 3 rings (SSSR count). The number of esters is 1. The highest BCUT2D eigenvalue weighted by Crippen LogP contribution is 2.24. The third kappa shape index (κ3) is 3.92. The Bertz CT molecular complexity index is 889. The van der Waals surface area contributed by atoms with E-state index in [0.29, 0.717) is 15.6 Å². The summed E-state index contributed by atoms with van der Waals surface area (Å²) in [6, 6.07) is 12.4. The van der Waals surface area contributed by atoms with Crippen molar-refractivity contribution in [2.24, 2.45) is 0 Å². The predicted molar refractivity (Wildman–Crippen MR) is 98.6 cm³/mol. The van der Waals surface area contributed by atoms with Gasteiger partial charge in [-0.3, -0.25) is 4.79 Å². The van der Waals surface area contributed by atoms with Gasteiger partial charge in [0.15, 0.2) is 6.10 Å². The molecule has 7 heteroatoms. The Hall–Kier alpha value is -2.57. The highest BCUT2D eigenvalue weighted by atomic mass is 35.5. The van der Waals surface area contributed by atoms with E-state index in [9.17, 15) is 9.59 Å². The molecule has 3 aromatic rings. The topological polar surface area (TPSA) is 60.3 Å². The van der Waals surface area contributed by atoms with Crippen molar-refractivity contribution in [3.8, 4) is 5.69 Å². The lowest BCUT2D eigenvalue weighted by molar-refractivity contribution is -0.123. The summed E-state index contributed by atoms with van der Waals surface area (Å²) < 4.78 is 7.13. The van der Waals surface area contributed by atoms with Crippen LogP contribution in [0.5, 0.6) is 0 Å². The zero-order chi connectivity index (χ0) is 17.8. The molecule has 0 spiro atoms. The second kappa shape index (κ2) is 7.55. The number of nitrogens with zero attached hydrogens (tertiary/aromatic N) is 1. The van der Waals surface area contributed by atoms with Gasteiger partial charge in [0, 0.05) is 12.4 Å². The molecule has 1 N–H and O–H groups in total. The minimum Gasteiger partial charge on any atom is -0.448 e. The fraction of sp³-hybridized carbons (Fsp3) is 0.111. The number of carbonyl (C=O) groups is 2. The third-order valence-electron chi connectivity index (χ3n) is 3.50. The first kappa shape index (κ1) is 17.3. The quantitative estimate of drug-likeness (QED) is 0.674. The van der Waals surface area contributed by atoms with Crippen molar-refractivity contribution in [1.82, 2.24) is 4.57 Å². The standard InChI is InChI=1S/C18H15ClN2O3S/c1-12(17(22)20-14-7-3-2-6-13(14)19)24-18(23)16-15(8-11-25-16)21-9-4-5-10-21/h2-12H,1H3,(H,20,22). The van der Waals surface area contributed by atoms with Gasteiger partial charge in [-0.25, -0.2) is 4.79 Å². The summed E-state index contributed by atoms with van der Waals surface area (Å²) in [7, 11) is 0. The monoisotopic (exact) mass is 374 g/mol. The van der Waals surface area contributed by atoms with Gasteiger partial charge >= 0.3 is 5.97 Å². The van der Waals surface area contributed by atoms with E-state index in [2.05, 4.69) is 5.32 Å². The van der Waals surface area contributed by atoms with Crippen molar-refractivity contribution in [2.75, 3.05) is 5.32 Å². The second-order valence-corrected chi connectivity index (χ2v) is 6.57. The first-order valence-corrected chi connectivity index (χ1v) is 8.79. The largest absolute Gasteiger partial charge is 0.448 e. The number of para-hydroxylation sites is 1. The Kier molecular flexibility index (Phi) is 5.21. The van der Waals surface area contributed by atoms with E-state index in [1.54, 1.807) is 29.6 Å². The van der Waals surface area contributed by atoms with E-state index in [0.717, 1.165) is 5.69 Å². The third-order valence-corrected chi connectivity index (χ3v) is 4.71. The number of hydrogen-bond donors (Lipinski definition) is 1. The Morgan fingerprint density at radius 3 is 2.60 bits per heavy atom. The van der Waals surface area contributed by atoms with Crippen LogP contribution in [0.4, 0.5) is 5.69 Å². The molecule has 2 aromatic heterocycles. The van der Waals surface area contributed by atoms with Gasteiger partial charge in [0.25, 0.3) is 5.91 Å². The molecule has 0 aliphatic carbocycles. The van der Waals surface area contributed by atoms with Crippen LogP contribution in [-0.2, 0) is 9.53 Å². The summed E-state index contributed by atoms with van der Waals surface area (Å²) in [5.74, 6) is -0.985. The lowest BCUT2D eigenvalue weighted by Gasteiger charge is -2.14. The van der Waals surface area contributed by atoms with Crippen LogP contribution in [0, 0.1) is 0 Å². The maximum absolute atomic E-state index is 12.4. The number of hydrogen-bond acceptors (Lipinski definition) is 4. The SMILES string of the molecule is CC(OC(=O)c1sccc1-n1cccc1)C(=O)Nc1ccccc1Cl. The van der Waals surface area contributed by atoms with Gasteiger partial charge in [-0.2, -0.15) is 0 Å². The summed E-state index contributed by atoms with van der Waals surface area (Å²) >= 11 is 7.28. The molecular weight excluding hydrogens is 360 g/mol. The molecule has 5 nitrogen and oxygen atoms in total. The zero-order valence-electron chi connectivity index (χ0n) is 13.3. The van der Waals surface area contributed by atoms with Gasteiger partial charge < -0.3 is 14.6 Å². The molecule has 1 aromatic carbocycles. The van der Waals surface area contributed by atoms with Crippen molar-refractivity contribution in [1.29, 1.82) is 0 Å². The summed E-state index contributed by atoms with van der Waals surface area (Å²) in [5.41, 5.74) is 1.19. The number of ether oxygens (including phenoxy) is 1. The predicted octanol–water partition coefficient (Wildman–Crippen LogP) is 4.38. The van der Waals surface area contributed by atoms with Crippen LogP contribution >= 0.6 is 22.9 Å². The van der Waals surface area contributed by atoms with E-state index in [1.165, 1.54) is 18.3 Å². The van der Waals surface area contributed by atoms with E-state index in [-0.39, 0.29) is 0 Å². The normalized spacial score (nSPS) is 11.8. The van der Waals surface area contributed by atoms with Gasteiger partial charge in [-0.15, -0.1) is 11.3 Å². The summed E-state index contributed by atoms with van der Waals surface area (Å²) in [6.07, 6.45) is 2.72. The van der Waals surface area contributed by atoms with Crippen molar-refractivity contribution >= 4 is 40.5 Å². The minimum absolute atomic E-state index is 0.419. The van der Waals surface area contributed by atoms with Crippen molar-refractivity contribution in [3.05, 3.63) is 70.1 Å². The molecular formula is C18H15ClN2O3S. The molecule has 25 heavy (non-hydrogen) atoms. The molecule has 128 valence electrons.